The second-order valence-electron chi connectivity index (χ2n) is 4.18. The van der Waals surface area contributed by atoms with E-state index >= 15 is 0 Å². The topological polar surface area (TPSA) is 21.3 Å². The van der Waals surface area contributed by atoms with E-state index in [2.05, 4.69) is 36.5 Å². The van der Waals surface area contributed by atoms with Gasteiger partial charge < -0.3 is 10.1 Å². The van der Waals surface area contributed by atoms with Crippen LogP contribution in [0.4, 0.5) is 0 Å². The SMILES string of the molecule is CCc1ccc(COc2ccc(CNC)cc2)s1. The standard InChI is InChI=1S/C15H19NOS/c1-3-14-8-9-15(18-14)11-17-13-6-4-12(5-7-13)10-16-2/h4-9,16H,3,10-11H2,1-2H3. The predicted octanol–water partition coefficient (Wildman–Crippen LogP) is 3.61. The molecule has 1 N–H and O–H groups in total. The molecule has 0 spiro atoms. The van der Waals surface area contributed by atoms with Gasteiger partial charge in [0.2, 0.25) is 0 Å². The molecule has 0 saturated carbocycles. The number of thiophene rings is 1. The minimum absolute atomic E-state index is 0.663. The van der Waals surface area contributed by atoms with Crippen LogP contribution in [0.1, 0.15) is 22.2 Å². The molecule has 1 heterocycles. The molecule has 96 valence electrons. The van der Waals surface area contributed by atoms with Gasteiger partial charge >= 0.3 is 0 Å². The molecule has 0 aliphatic heterocycles. The molecule has 2 rings (SSSR count). The van der Waals surface area contributed by atoms with E-state index in [1.54, 1.807) is 0 Å². The molecule has 0 bridgehead atoms. The summed E-state index contributed by atoms with van der Waals surface area (Å²) in [5, 5.41) is 3.13. The number of hydrogen-bond donors (Lipinski definition) is 1. The van der Waals surface area contributed by atoms with Crippen LogP contribution in [-0.4, -0.2) is 7.05 Å². The van der Waals surface area contributed by atoms with Crippen molar-refractivity contribution < 1.29 is 4.74 Å². The van der Waals surface area contributed by atoms with Crippen molar-refractivity contribution in [3.8, 4) is 5.75 Å². The van der Waals surface area contributed by atoms with Gasteiger partial charge in [0.05, 0.1) is 0 Å². The highest BCUT2D eigenvalue weighted by molar-refractivity contribution is 7.11. The Morgan fingerprint density at radius 2 is 1.78 bits per heavy atom. The quantitative estimate of drug-likeness (QED) is 0.857. The van der Waals surface area contributed by atoms with Crippen molar-refractivity contribution in [3.63, 3.8) is 0 Å². The van der Waals surface area contributed by atoms with Crippen LogP contribution in [0, 0.1) is 0 Å². The maximum absolute atomic E-state index is 5.77. The maximum Gasteiger partial charge on any atom is 0.122 e. The number of nitrogens with one attached hydrogen (secondary N) is 1. The smallest absolute Gasteiger partial charge is 0.122 e. The molecule has 0 atom stereocenters. The van der Waals surface area contributed by atoms with E-state index < -0.39 is 0 Å². The Morgan fingerprint density at radius 3 is 2.39 bits per heavy atom. The van der Waals surface area contributed by atoms with E-state index in [4.69, 9.17) is 4.74 Å². The fourth-order valence-corrected chi connectivity index (χ4v) is 2.62. The summed E-state index contributed by atoms with van der Waals surface area (Å²) < 4.78 is 5.77. The van der Waals surface area contributed by atoms with Gasteiger partial charge in [-0.15, -0.1) is 11.3 Å². The Balaban J connectivity index is 1.89. The highest BCUT2D eigenvalue weighted by atomic mass is 32.1. The fourth-order valence-electron chi connectivity index (χ4n) is 1.75. The second kappa shape index (κ2) is 6.57. The van der Waals surface area contributed by atoms with Gasteiger partial charge in [-0.1, -0.05) is 19.1 Å². The van der Waals surface area contributed by atoms with Gasteiger partial charge in [0.25, 0.3) is 0 Å². The second-order valence-corrected chi connectivity index (χ2v) is 5.44. The first kappa shape index (κ1) is 13.1. The van der Waals surface area contributed by atoms with Gasteiger partial charge in [0.15, 0.2) is 0 Å². The molecule has 0 fully saturated rings. The summed E-state index contributed by atoms with van der Waals surface area (Å²) in [5.41, 5.74) is 1.27. The molecule has 0 aliphatic rings. The van der Waals surface area contributed by atoms with Gasteiger partial charge in [-0.2, -0.15) is 0 Å². The van der Waals surface area contributed by atoms with Crippen molar-refractivity contribution in [1.82, 2.24) is 5.32 Å². The lowest BCUT2D eigenvalue weighted by Gasteiger charge is -2.06. The molecular formula is C15H19NOS. The van der Waals surface area contributed by atoms with E-state index in [9.17, 15) is 0 Å². The third-order valence-corrected chi connectivity index (χ3v) is 3.95. The monoisotopic (exact) mass is 261 g/mol. The predicted molar refractivity (Wildman–Crippen MR) is 77.2 cm³/mol. The van der Waals surface area contributed by atoms with Crippen LogP contribution in [0.15, 0.2) is 36.4 Å². The number of hydrogen-bond acceptors (Lipinski definition) is 3. The number of aryl methyl sites for hydroxylation is 1. The van der Waals surface area contributed by atoms with Crippen LogP contribution in [0.2, 0.25) is 0 Å². The minimum atomic E-state index is 0.663. The van der Waals surface area contributed by atoms with Gasteiger partial charge in [-0.25, -0.2) is 0 Å². The normalized spacial score (nSPS) is 10.6. The molecule has 0 amide bonds. The number of benzene rings is 1. The molecule has 2 nitrogen and oxygen atoms in total. The lowest BCUT2D eigenvalue weighted by molar-refractivity contribution is 0.309. The zero-order valence-electron chi connectivity index (χ0n) is 10.9. The number of rotatable bonds is 6. The van der Waals surface area contributed by atoms with E-state index in [-0.39, 0.29) is 0 Å². The van der Waals surface area contributed by atoms with Gasteiger partial charge in [0.1, 0.15) is 12.4 Å². The van der Waals surface area contributed by atoms with E-state index in [0.717, 1.165) is 18.7 Å². The summed E-state index contributed by atoms with van der Waals surface area (Å²) in [7, 11) is 1.95. The average molecular weight is 261 g/mol. The van der Waals surface area contributed by atoms with Crippen molar-refractivity contribution in [2.75, 3.05) is 7.05 Å². The van der Waals surface area contributed by atoms with Crippen LogP contribution in [0.5, 0.6) is 5.75 Å². The Morgan fingerprint density at radius 1 is 1.06 bits per heavy atom. The Hall–Kier alpha value is -1.32. The van der Waals surface area contributed by atoms with E-state index in [1.807, 2.05) is 30.5 Å². The highest BCUT2D eigenvalue weighted by Gasteiger charge is 2.00. The van der Waals surface area contributed by atoms with Gasteiger partial charge in [-0.05, 0) is 43.3 Å². The molecule has 1 aromatic heterocycles. The molecule has 3 heteroatoms. The summed E-state index contributed by atoms with van der Waals surface area (Å²) in [6, 6.07) is 12.6. The summed E-state index contributed by atoms with van der Waals surface area (Å²) >= 11 is 1.83. The lowest BCUT2D eigenvalue weighted by atomic mass is 10.2. The molecule has 0 saturated heterocycles. The first-order valence-corrected chi connectivity index (χ1v) is 7.07. The zero-order chi connectivity index (χ0) is 12.8. The minimum Gasteiger partial charge on any atom is -0.488 e. The molecule has 0 unspecified atom stereocenters. The summed E-state index contributed by atoms with van der Waals surface area (Å²) in [6.07, 6.45) is 1.10. The van der Waals surface area contributed by atoms with E-state index in [1.165, 1.54) is 15.3 Å². The molecule has 2 aromatic rings. The van der Waals surface area contributed by atoms with Crippen LogP contribution in [-0.2, 0) is 19.6 Å². The van der Waals surface area contributed by atoms with Crippen molar-refractivity contribution >= 4 is 11.3 Å². The first-order valence-electron chi connectivity index (χ1n) is 6.25. The Labute approximate surface area is 113 Å². The van der Waals surface area contributed by atoms with Crippen molar-refractivity contribution in [2.24, 2.45) is 0 Å². The van der Waals surface area contributed by atoms with Gasteiger partial charge in [0, 0.05) is 16.3 Å². The van der Waals surface area contributed by atoms with Crippen LogP contribution < -0.4 is 10.1 Å². The van der Waals surface area contributed by atoms with Crippen LogP contribution in [0.3, 0.4) is 0 Å². The third-order valence-electron chi connectivity index (χ3n) is 2.75. The van der Waals surface area contributed by atoms with Crippen LogP contribution >= 0.6 is 11.3 Å². The summed E-state index contributed by atoms with van der Waals surface area (Å²) in [4.78, 5) is 2.70. The molecule has 18 heavy (non-hydrogen) atoms. The maximum atomic E-state index is 5.77. The van der Waals surface area contributed by atoms with Crippen molar-refractivity contribution in [1.29, 1.82) is 0 Å². The Bertz CT molecular complexity index is 475. The highest BCUT2D eigenvalue weighted by Crippen LogP contribution is 2.20. The Kier molecular flexibility index (Phi) is 4.79. The average Bonchev–Trinajstić information content (AvgIpc) is 2.86. The first-order chi connectivity index (χ1) is 8.81. The van der Waals surface area contributed by atoms with Gasteiger partial charge in [-0.3, -0.25) is 0 Å². The summed E-state index contributed by atoms with van der Waals surface area (Å²) in [5.74, 6) is 0.932. The molecule has 1 aromatic carbocycles. The number of ether oxygens (including phenoxy) is 1. The largest absolute Gasteiger partial charge is 0.488 e. The summed E-state index contributed by atoms with van der Waals surface area (Å²) in [6.45, 7) is 3.73. The fraction of sp³-hybridized carbons (Fsp3) is 0.333. The zero-order valence-corrected chi connectivity index (χ0v) is 11.7. The van der Waals surface area contributed by atoms with Crippen molar-refractivity contribution in [3.05, 3.63) is 51.7 Å². The van der Waals surface area contributed by atoms with E-state index in [0.29, 0.717) is 6.61 Å². The molecular weight excluding hydrogens is 242 g/mol. The van der Waals surface area contributed by atoms with Crippen LogP contribution in [0.25, 0.3) is 0 Å². The third kappa shape index (κ3) is 3.59. The van der Waals surface area contributed by atoms with Crippen molar-refractivity contribution in [2.45, 2.75) is 26.5 Å². The lowest BCUT2D eigenvalue weighted by Crippen LogP contribution is -2.04. The molecule has 0 aliphatic carbocycles. The molecule has 0 radical (unpaired) electrons.